The van der Waals surface area contributed by atoms with E-state index in [1.54, 1.807) is 35.9 Å². The summed E-state index contributed by atoms with van der Waals surface area (Å²) >= 11 is 0. The van der Waals surface area contributed by atoms with Gasteiger partial charge in [0.05, 0.1) is 25.6 Å². The van der Waals surface area contributed by atoms with Crippen LogP contribution in [0.2, 0.25) is 0 Å². The van der Waals surface area contributed by atoms with E-state index in [2.05, 4.69) is 19.2 Å². The molecule has 4 aliphatic carbocycles. The number of furan rings is 1. The van der Waals surface area contributed by atoms with Gasteiger partial charge in [-0.15, -0.1) is 0 Å². The molecule has 12 atom stereocenters. The Morgan fingerprint density at radius 3 is 2.62 bits per heavy atom. The minimum atomic E-state index is -2.43. The zero-order chi connectivity index (χ0) is 41.0. The standard InChI is InChI=1S/C43H61NO12S2/c1-4-52-32(48)10-8-25-17-26-11-15-53-34(26)36-35(25)55-39-43(51)33-27(7-9-31(47)29(33)21-45)20-42(50,38(43)49)41(22-46,56-39)23-57-58-37-30(44-14-16-54-36)18-28(24(2)3)19-40(37)12-5-6-13-40/h7,9,11,15,17,24,27-31,33,37-39,44-47,49-51H,4-6,8,10,12-14,16,18-23H2,1-3H3. The molecule has 12 unspecified atom stereocenters. The van der Waals surface area contributed by atoms with Crippen molar-refractivity contribution >= 4 is 38.5 Å². The quantitative estimate of drug-likeness (QED) is 0.119. The van der Waals surface area contributed by atoms with Crippen molar-refractivity contribution in [2.75, 3.05) is 38.7 Å². The zero-order valence-electron chi connectivity index (χ0n) is 33.7. The number of carbonyl (C=O) groups is 1. The molecule has 15 heteroatoms. The molecule has 4 fully saturated rings. The monoisotopic (exact) mass is 847 g/mol. The fourth-order valence-corrected chi connectivity index (χ4v) is 15.5. The van der Waals surface area contributed by atoms with Gasteiger partial charge in [-0.2, -0.15) is 0 Å². The third-order valence-electron chi connectivity index (χ3n) is 14.7. The average molecular weight is 848 g/mol. The van der Waals surface area contributed by atoms with E-state index in [0.717, 1.165) is 25.7 Å². The number of aliphatic hydroxyl groups is 6. The number of hydrogen-bond donors (Lipinski definition) is 7. The van der Waals surface area contributed by atoms with Crippen molar-refractivity contribution in [3.8, 4) is 11.5 Å². The molecular formula is C43H61NO12S2. The van der Waals surface area contributed by atoms with Crippen LogP contribution >= 0.6 is 21.6 Å². The average Bonchev–Trinajstić information content (AvgIpc) is 3.87. The van der Waals surface area contributed by atoms with E-state index in [-0.39, 0.29) is 66.4 Å². The molecule has 3 saturated carbocycles. The van der Waals surface area contributed by atoms with Crippen LogP contribution in [0.25, 0.3) is 11.0 Å². The summed E-state index contributed by atoms with van der Waals surface area (Å²) in [7, 11) is 3.26. The first-order valence-corrected chi connectivity index (χ1v) is 23.6. The topological polar surface area (TPSA) is 201 Å². The Labute approximate surface area is 348 Å². The molecule has 2 aromatic rings. The number of rotatable bonds is 7. The predicted molar refractivity (Wildman–Crippen MR) is 219 cm³/mol. The van der Waals surface area contributed by atoms with Crippen LogP contribution in [0.5, 0.6) is 11.5 Å². The Morgan fingerprint density at radius 1 is 1.10 bits per heavy atom. The molecule has 0 radical (unpaired) electrons. The molecule has 4 bridgehead atoms. The lowest BCUT2D eigenvalue weighted by atomic mass is 9.51. The summed E-state index contributed by atoms with van der Waals surface area (Å²) in [5, 5.41) is 76.5. The van der Waals surface area contributed by atoms with Gasteiger partial charge in [-0.3, -0.25) is 4.79 Å². The largest absolute Gasteiger partial charge is 0.485 e. The molecular weight excluding hydrogens is 787 g/mol. The van der Waals surface area contributed by atoms with Gasteiger partial charge in [0.25, 0.3) is 0 Å². The van der Waals surface area contributed by atoms with Crippen LogP contribution in [0.4, 0.5) is 0 Å². The molecule has 1 aromatic carbocycles. The van der Waals surface area contributed by atoms with Gasteiger partial charge in [-0.1, -0.05) is 60.4 Å². The summed E-state index contributed by atoms with van der Waals surface area (Å²) in [5.41, 5.74) is -5.46. The van der Waals surface area contributed by atoms with Crippen LogP contribution in [-0.4, -0.2) is 122 Å². The van der Waals surface area contributed by atoms with E-state index in [9.17, 15) is 35.4 Å². The molecule has 58 heavy (non-hydrogen) atoms. The lowest BCUT2D eigenvalue weighted by Gasteiger charge is -2.66. The van der Waals surface area contributed by atoms with E-state index in [1.165, 1.54) is 29.9 Å². The van der Waals surface area contributed by atoms with E-state index >= 15 is 0 Å². The SMILES string of the molecule is CCOC(=O)CCc1cc2ccoc2c2c1OC1OC(CO)(CSSC3C(CC(C(C)C)CC34CCCC4)NCCO2)C2(O)CC3C=CC(O)C(CO)C3C1(O)C2O. The molecule has 322 valence electrons. The lowest BCUT2D eigenvalue weighted by Crippen LogP contribution is -2.85. The third kappa shape index (κ3) is 7.00. The zero-order valence-corrected chi connectivity index (χ0v) is 35.3. The maximum absolute atomic E-state index is 13.1. The number of hydrogen-bond acceptors (Lipinski definition) is 15. The Morgan fingerprint density at radius 2 is 1.90 bits per heavy atom. The molecule has 7 N–H and O–H groups in total. The number of fused-ring (bicyclic) bond motifs is 13. The Hall–Kier alpha value is -2.05. The molecule has 1 saturated heterocycles. The minimum Gasteiger partial charge on any atom is -0.485 e. The van der Waals surface area contributed by atoms with Crippen molar-refractivity contribution in [3.05, 3.63) is 36.1 Å². The van der Waals surface area contributed by atoms with Gasteiger partial charge in [0.15, 0.2) is 16.9 Å². The number of aryl methyl sites for hydroxylation is 1. The first-order valence-electron chi connectivity index (χ1n) is 21.2. The minimum absolute atomic E-state index is 0.00271. The van der Waals surface area contributed by atoms with Gasteiger partial charge in [0, 0.05) is 53.8 Å². The van der Waals surface area contributed by atoms with E-state index in [1.807, 2.05) is 6.07 Å². The third-order valence-corrected chi connectivity index (χ3v) is 17.8. The van der Waals surface area contributed by atoms with Crippen LogP contribution in [0.1, 0.15) is 77.7 Å². The highest BCUT2D eigenvalue weighted by molar-refractivity contribution is 8.77. The fourth-order valence-electron chi connectivity index (χ4n) is 11.6. The molecule has 0 amide bonds. The van der Waals surface area contributed by atoms with Crippen molar-refractivity contribution in [3.63, 3.8) is 0 Å². The van der Waals surface area contributed by atoms with Crippen molar-refractivity contribution < 1.29 is 58.8 Å². The Balaban J connectivity index is 1.28. The number of nitrogens with one attached hydrogen (secondary N) is 1. The summed E-state index contributed by atoms with van der Waals surface area (Å²) in [6.07, 6.45) is 6.66. The van der Waals surface area contributed by atoms with Crippen LogP contribution in [0.3, 0.4) is 0 Å². The first kappa shape index (κ1) is 42.6. The van der Waals surface area contributed by atoms with Crippen molar-refractivity contribution in [1.82, 2.24) is 5.32 Å². The van der Waals surface area contributed by atoms with E-state index in [4.69, 9.17) is 23.4 Å². The summed E-state index contributed by atoms with van der Waals surface area (Å²) in [5.74, 6) is -1.64. The van der Waals surface area contributed by atoms with Crippen molar-refractivity contribution in [2.45, 2.75) is 125 Å². The van der Waals surface area contributed by atoms with Crippen LogP contribution < -0.4 is 14.8 Å². The summed E-state index contributed by atoms with van der Waals surface area (Å²) in [6, 6.07) is 3.74. The van der Waals surface area contributed by atoms with E-state index < -0.39 is 72.2 Å². The van der Waals surface area contributed by atoms with Gasteiger partial charge >= 0.3 is 5.97 Å². The van der Waals surface area contributed by atoms with Gasteiger partial charge in [0.2, 0.25) is 12.0 Å². The second kappa shape index (κ2) is 16.7. The van der Waals surface area contributed by atoms with Crippen LogP contribution in [0, 0.1) is 35.0 Å². The second-order valence-corrected chi connectivity index (χ2v) is 20.6. The van der Waals surface area contributed by atoms with Crippen LogP contribution in [-0.2, 0) is 20.7 Å². The molecule has 1 spiro atoms. The van der Waals surface area contributed by atoms with E-state index in [0.29, 0.717) is 34.9 Å². The first-order chi connectivity index (χ1) is 27.8. The van der Waals surface area contributed by atoms with Crippen molar-refractivity contribution in [1.29, 1.82) is 0 Å². The van der Waals surface area contributed by atoms with Crippen molar-refractivity contribution in [2.24, 2.45) is 35.0 Å². The molecule has 1 aromatic heterocycles. The molecule has 2 aliphatic heterocycles. The van der Waals surface area contributed by atoms with Crippen LogP contribution in [0.15, 0.2) is 35.0 Å². The number of benzene rings is 1. The highest BCUT2D eigenvalue weighted by Gasteiger charge is 2.77. The number of aliphatic hydroxyl groups excluding tert-OH is 4. The summed E-state index contributed by atoms with van der Waals surface area (Å²) in [6.45, 7) is 6.06. The predicted octanol–water partition coefficient (Wildman–Crippen LogP) is 4.12. The molecule has 3 heterocycles. The van der Waals surface area contributed by atoms with Gasteiger partial charge < -0.3 is 59.3 Å². The highest BCUT2D eigenvalue weighted by Crippen LogP contribution is 2.62. The maximum Gasteiger partial charge on any atom is 0.306 e. The second-order valence-electron chi connectivity index (χ2n) is 18.1. The summed E-state index contributed by atoms with van der Waals surface area (Å²) < 4.78 is 31.6. The summed E-state index contributed by atoms with van der Waals surface area (Å²) in [4.78, 5) is 12.7. The Kier molecular flexibility index (Phi) is 12.3. The number of ether oxygens (including phenoxy) is 4. The highest BCUT2D eigenvalue weighted by atomic mass is 33.1. The lowest BCUT2D eigenvalue weighted by molar-refractivity contribution is -0.416. The molecule has 6 aliphatic rings. The molecule has 8 rings (SSSR count). The van der Waals surface area contributed by atoms with Gasteiger partial charge in [0.1, 0.15) is 23.9 Å². The van der Waals surface area contributed by atoms with Gasteiger partial charge in [-0.05, 0) is 86.3 Å². The smallest absolute Gasteiger partial charge is 0.306 e. The normalized spacial score (nSPS) is 39.8. The maximum atomic E-state index is 13.1. The number of esters is 1. The fraction of sp³-hybridized carbons (Fsp3) is 0.744. The Bertz CT molecular complexity index is 1820. The number of carbonyl (C=O) groups excluding carboxylic acids is 1. The number of allylic oxidation sites excluding steroid dienone is 1. The van der Waals surface area contributed by atoms with Gasteiger partial charge in [-0.25, -0.2) is 0 Å². The molecule has 13 nitrogen and oxygen atoms in total.